The molecule has 2 aromatic rings. The Hall–Kier alpha value is -2.37. The molecule has 0 radical (unpaired) electrons. The zero-order valence-corrected chi connectivity index (χ0v) is 10.3. The van der Waals surface area contributed by atoms with Gasteiger partial charge < -0.3 is 11.1 Å². The van der Waals surface area contributed by atoms with Gasteiger partial charge in [-0.05, 0) is 18.6 Å². The number of nitrogens with zero attached hydrogens (tertiary/aromatic N) is 3. The third kappa shape index (κ3) is 2.32. The number of carbonyl (C=O) groups excluding carboxylic acids is 1. The number of hydrogen-bond acceptors (Lipinski definition) is 4. The normalized spacial score (nSPS) is 10.3. The lowest BCUT2D eigenvalue weighted by Gasteiger charge is -2.05. The molecule has 3 N–H and O–H groups in total. The number of anilines is 2. The predicted octanol–water partition coefficient (Wildman–Crippen LogP) is 1.21. The summed E-state index contributed by atoms with van der Waals surface area (Å²) in [5.74, 6) is -0.323. The Morgan fingerprint density at radius 3 is 3.00 bits per heavy atom. The van der Waals surface area contributed by atoms with Crippen LogP contribution >= 0.6 is 0 Å². The number of nitrogen functional groups attached to an aromatic ring is 1. The molecule has 1 amide bonds. The van der Waals surface area contributed by atoms with E-state index in [4.69, 9.17) is 5.73 Å². The summed E-state index contributed by atoms with van der Waals surface area (Å²) < 4.78 is 1.66. The molecule has 0 atom stereocenters. The van der Waals surface area contributed by atoms with Crippen LogP contribution in [0.15, 0.2) is 24.5 Å². The SMILES string of the molecule is CCc1nn(C)cc1NC(=O)c1ncccc1N. The lowest BCUT2D eigenvalue weighted by molar-refractivity contribution is 0.102. The van der Waals surface area contributed by atoms with Crippen molar-refractivity contribution in [1.29, 1.82) is 0 Å². The Kier molecular flexibility index (Phi) is 3.27. The van der Waals surface area contributed by atoms with Gasteiger partial charge in [0.15, 0.2) is 5.69 Å². The number of aromatic nitrogens is 3. The van der Waals surface area contributed by atoms with E-state index in [0.717, 1.165) is 12.1 Å². The van der Waals surface area contributed by atoms with E-state index in [2.05, 4.69) is 15.4 Å². The molecule has 0 fully saturated rings. The van der Waals surface area contributed by atoms with E-state index in [0.29, 0.717) is 11.4 Å². The van der Waals surface area contributed by atoms with Crippen LogP contribution in [0.3, 0.4) is 0 Å². The van der Waals surface area contributed by atoms with Crippen LogP contribution in [0.25, 0.3) is 0 Å². The van der Waals surface area contributed by atoms with E-state index >= 15 is 0 Å². The third-order valence-corrected chi connectivity index (χ3v) is 2.54. The Morgan fingerprint density at radius 1 is 1.56 bits per heavy atom. The topological polar surface area (TPSA) is 85.8 Å². The highest BCUT2D eigenvalue weighted by Crippen LogP contribution is 2.16. The number of pyridine rings is 1. The smallest absolute Gasteiger partial charge is 0.276 e. The van der Waals surface area contributed by atoms with Gasteiger partial charge in [-0.2, -0.15) is 5.10 Å². The molecule has 0 aliphatic carbocycles. The molecule has 0 aliphatic rings. The summed E-state index contributed by atoms with van der Waals surface area (Å²) in [4.78, 5) is 16.0. The first kappa shape index (κ1) is 12.1. The summed E-state index contributed by atoms with van der Waals surface area (Å²) in [6, 6.07) is 3.33. The van der Waals surface area contributed by atoms with Gasteiger partial charge in [-0.25, -0.2) is 4.98 Å². The first-order valence-corrected chi connectivity index (χ1v) is 5.66. The molecule has 94 valence electrons. The third-order valence-electron chi connectivity index (χ3n) is 2.54. The fourth-order valence-electron chi connectivity index (χ4n) is 1.69. The van der Waals surface area contributed by atoms with Gasteiger partial charge in [-0.15, -0.1) is 0 Å². The molecular weight excluding hydrogens is 230 g/mol. The van der Waals surface area contributed by atoms with Crippen LogP contribution < -0.4 is 11.1 Å². The number of nitrogens with one attached hydrogen (secondary N) is 1. The second-order valence-electron chi connectivity index (χ2n) is 3.91. The second-order valence-corrected chi connectivity index (χ2v) is 3.91. The van der Waals surface area contributed by atoms with Gasteiger partial charge >= 0.3 is 0 Å². The van der Waals surface area contributed by atoms with Crippen LogP contribution in [0, 0.1) is 0 Å². The van der Waals surface area contributed by atoms with Gasteiger partial charge in [-0.1, -0.05) is 6.92 Å². The first-order chi connectivity index (χ1) is 8.61. The summed E-state index contributed by atoms with van der Waals surface area (Å²) in [7, 11) is 1.81. The highest BCUT2D eigenvalue weighted by molar-refractivity contribution is 6.06. The molecule has 0 aromatic carbocycles. The summed E-state index contributed by atoms with van der Waals surface area (Å²) in [5, 5.41) is 7.02. The van der Waals surface area contributed by atoms with Gasteiger partial charge in [0.2, 0.25) is 0 Å². The molecule has 6 nitrogen and oxygen atoms in total. The lowest BCUT2D eigenvalue weighted by atomic mass is 10.2. The van der Waals surface area contributed by atoms with Crippen molar-refractivity contribution in [3.8, 4) is 0 Å². The average molecular weight is 245 g/mol. The van der Waals surface area contributed by atoms with Crippen molar-refractivity contribution in [2.24, 2.45) is 7.05 Å². The Bertz CT molecular complexity index is 576. The second kappa shape index (κ2) is 4.87. The van der Waals surface area contributed by atoms with Gasteiger partial charge in [-0.3, -0.25) is 9.48 Å². The van der Waals surface area contributed by atoms with Crippen molar-refractivity contribution in [2.45, 2.75) is 13.3 Å². The number of carbonyl (C=O) groups is 1. The van der Waals surface area contributed by atoms with Crippen molar-refractivity contribution in [1.82, 2.24) is 14.8 Å². The van der Waals surface area contributed by atoms with Crippen LogP contribution in [0.5, 0.6) is 0 Å². The zero-order chi connectivity index (χ0) is 13.1. The average Bonchev–Trinajstić information content (AvgIpc) is 2.70. The fourth-order valence-corrected chi connectivity index (χ4v) is 1.69. The van der Waals surface area contributed by atoms with Crippen LogP contribution in [-0.4, -0.2) is 20.7 Å². The van der Waals surface area contributed by atoms with Crippen LogP contribution in [-0.2, 0) is 13.5 Å². The van der Waals surface area contributed by atoms with E-state index in [-0.39, 0.29) is 11.6 Å². The van der Waals surface area contributed by atoms with E-state index in [1.807, 2.05) is 14.0 Å². The number of aryl methyl sites for hydroxylation is 2. The molecule has 0 saturated heterocycles. The highest BCUT2D eigenvalue weighted by atomic mass is 16.1. The van der Waals surface area contributed by atoms with E-state index < -0.39 is 0 Å². The van der Waals surface area contributed by atoms with Gasteiger partial charge in [0, 0.05) is 19.4 Å². The van der Waals surface area contributed by atoms with Crippen molar-refractivity contribution in [2.75, 3.05) is 11.1 Å². The van der Waals surface area contributed by atoms with Crippen molar-refractivity contribution in [3.63, 3.8) is 0 Å². The minimum absolute atomic E-state index is 0.225. The summed E-state index contributed by atoms with van der Waals surface area (Å²) in [6.07, 6.45) is 4.04. The van der Waals surface area contributed by atoms with Gasteiger partial charge in [0.25, 0.3) is 5.91 Å². The minimum Gasteiger partial charge on any atom is -0.397 e. The molecule has 0 aliphatic heterocycles. The maximum atomic E-state index is 12.0. The van der Waals surface area contributed by atoms with Crippen molar-refractivity contribution >= 4 is 17.3 Å². The zero-order valence-electron chi connectivity index (χ0n) is 10.3. The summed E-state index contributed by atoms with van der Waals surface area (Å²) in [6.45, 7) is 1.98. The first-order valence-electron chi connectivity index (χ1n) is 5.66. The molecule has 0 saturated carbocycles. The molecule has 2 aromatic heterocycles. The molecule has 6 heteroatoms. The number of nitrogens with two attached hydrogens (primary N) is 1. The highest BCUT2D eigenvalue weighted by Gasteiger charge is 2.14. The molecule has 2 rings (SSSR count). The Labute approximate surface area is 105 Å². The molecule has 0 spiro atoms. The van der Waals surface area contributed by atoms with Crippen molar-refractivity contribution in [3.05, 3.63) is 35.9 Å². The standard InChI is InChI=1S/C12H15N5O/c1-3-9-10(7-17(2)16-9)15-12(18)11-8(13)5-4-6-14-11/h4-7H,3,13H2,1-2H3,(H,15,18). The maximum Gasteiger partial charge on any atom is 0.276 e. The molecular formula is C12H15N5O. The molecule has 0 bridgehead atoms. The summed E-state index contributed by atoms with van der Waals surface area (Å²) >= 11 is 0. The number of amides is 1. The van der Waals surface area contributed by atoms with Gasteiger partial charge in [0.1, 0.15) is 0 Å². The van der Waals surface area contributed by atoms with Crippen LogP contribution in [0.2, 0.25) is 0 Å². The molecule has 0 unspecified atom stereocenters. The number of hydrogen-bond donors (Lipinski definition) is 2. The van der Waals surface area contributed by atoms with E-state index in [1.165, 1.54) is 6.20 Å². The number of rotatable bonds is 3. The molecule has 2 heterocycles. The fraction of sp³-hybridized carbons (Fsp3) is 0.250. The molecule has 18 heavy (non-hydrogen) atoms. The lowest BCUT2D eigenvalue weighted by Crippen LogP contribution is -2.16. The Morgan fingerprint density at radius 2 is 2.33 bits per heavy atom. The van der Waals surface area contributed by atoms with E-state index in [9.17, 15) is 4.79 Å². The van der Waals surface area contributed by atoms with Gasteiger partial charge in [0.05, 0.1) is 17.1 Å². The maximum absolute atomic E-state index is 12.0. The monoisotopic (exact) mass is 245 g/mol. The Balaban J connectivity index is 2.24. The van der Waals surface area contributed by atoms with Crippen LogP contribution in [0.1, 0.15) is 23.1 Å². The largest absolute Gasteiger partial charge is 0.397 e. The van der Waals surface area contributed by atoms with E-state index in [1.54, 1.807) is 23.0 Å². The van der Waals surface area contributed by atoms with Crippen molar-refractivity contribution < 1.29 is 4.79 Å². The predicted molar refractivity (Wildman–Crippen MR) is 69.2 cm³/mol. The summed E-state index contributed by atoms with van der Waals surface area (Å²) in [5.41, 5.74) is 7.81. The van der Waals surface area contributed by atoms with Crippen LogP contribution in [0.4, 0.5) is 11.4 Å². The quantitative estimate of drug-likeness (QED) is 0.851. The minimum atomic E-state index is -0.323.